The van der Waals surface area contributed by atoms with Crippen LogP contribution in [-0.2, 0) is 15.7 Å². The fraction of sp³-hybridized carbons (Fsp3) is 0.462. The van der Waals surface area contributed by atoms with Gasteiger partial charge in [-0.1, -0.05) is 12.1 Å². The number of nitrogens with zero attached hydrogens (tertiary/aromatic N) is 1. The zero-order valence-corrected chi connectivity index (χ0v) is 11.7. The summed E-state index contributed by atoms with van der Waals surface area (Å²) in [6.45, 7) is 2.35. The average Bonchev–Trinajstić information content (AvgIpc) is 2.42. The van der Waals surface area contributed by atoms with Gasteiger partial charge in [0, 0.05) is 13.2 Å². The number of hydrogen-bond donors (Lipinski definition) is 0. The number of ether oxygens (including phenoxy) is 1. The predicted octanol–water partition coefficient (Wildman–Crippen LogP) is 3.31. The highest BCUT2D eigenvalue weighted by molar-refractivity contribution is 6.29. The first-order chi connectivity index (χ1) is 9.41. The number of rotatable bonds is 6. The van der Waals surface area contributed by atoms with Gasteiger partial charge >= 0.3 is 6.18 Å². The van der Waals surface area contributed by atoms with E-state index >= 15 is 0 Å². The van der Waals surface area contributed by atoms with Crippen molar-refractivity contribution in [3.05, 3.63) is 29.8 Å². The van der Waals surface area contributed by atoms with Gasteiger partial charge in [0.2, 0.25) is 5.91 Å². The fourth-order valence-electron chi connectivity index (χ4n) is 1.70. The van der Waals surface area contributed by atoms with Crippen molar-refractivity contribution in [2.45, 2.75) is 13.1 Å². The largest absolute Gasteiger partial charge is 0.418 e. The van der Waals surface area contributed by atoms with Crippen LogP contribution in [0.15, 0.2) is 24.3 Å². The molecule has 0 saturated heterocycles. The van der Waals surface area contributed by atoms with Crippen molar-refractivity contribution in [1.29, 1.82) is 0 Å². The van der Waals surface area contributed by atoms with Crippen molar-refractivity contribution in [2.75, 3.05) is 30.5 Å². The van der Waals surface area contributed by atoms with Crippen LogP contribution in [0.25, 0.3) is 0 Å². The molecule has 1 aromatic carbocycles. The van der Waals surface area contributed by atoms with E-state index < -0.39 is 23.5 Å². The molecule has 0 aliphatic carbocycles. The van der Waals surface area contributed by atoms with Crippen molar-refractivity contribution in [3.8, 4) is 0 Å². The highest BCUT2D eigenvalue weighted by Gasteiger charge is 2.35. The van der Waals surface area contributed by atoms with E-state index in [1.165, 1.54) is 18.2 Å². The summed E-state index contributed by atoms with van der Waals surface area (Å²) < 4.78 is 44.0. The molecule has 0 aliphatic heterocycles. The second kappa shape index (κ2) is 7.50. The summed E-state index contributed by atoms with van der Waals surface area (Å²) in [4.78, 5) is 12.8. The van der Waals surface area contributed by atoms with E-state index in [0.29, 0.717) is 6.61 Å². The smallest absolute Gasteiger partial charge is 0.380 e. The molecule has 20 heavy (non-hydrogen) atoms. The summed E-state index contributed by atoms with van der Waals surface area (Å²) in [5.74, 6) is -0.985. The molecule has 1 rings (SSSR count). The van der Waals surface area contributed by atoms with Gasteiger partial charge in [-0.15, -0.1) is 11.6 Å². The third-order valence-corrected chi connectivity index (χ3v) is 2.81. The quantitative estimate of drug-likeness (QED) is 0.596. The Bertz CT molecular complexity index is 451. The number of anilines is 1. The monoisotopic (exact) mass is 309 g/mol. The summed E-state index contributed by atoms with van der Waals surface area (Å²) in [5.41, 5.74) is -1.07. The maximum absolute atomic E-state index is 13.0. The van der Waals surface area contributed by atoms with Gasteiger partial charge in [0.25, 0.3) is 0 Å². The van der Waals surface area contributed by atoms with Gasteiger partial charge in [0.15, 0.2) is 0 Å². The molecule has 112 valence electrons. The number of amides is 1. The maximum atomic E-state index is 13.0. The maximum Gasteiger partial charge on any atom is 0.418 e. The molecule has 0 heterocycles. The molecule has 1 amide bonds. The second-order valence-corrected chi connectivity index (χ2v) is 4.16. The number of benzene rings is 1. The van der Waals surface area contributed by atoms with E-state index in [2.05, 4.69) is 0 Å². The molecule has 0 saturated carbocycles. The van der Waals surface area contributed by atoms with E-state index in [9.17, 15) is 18.0 Å². The van der Waals surface area contributed by atoms with Crippen LogP contribution < -0.4 is 4.90 Å². The first kappa shape index (κ1) is 16.8. The van der Waals surface area contributed by atoms with Crippen molar-refractivity contribution < 1.29 is 22.7 Å². The molecule has 0 unspecified atom stereocenters. The van der Waals surface area contributed by atoms with Crippen LogP contribution in [0.5, 0.6) is 0 Å². The second-order valence-electron chi connectivity index (χ2n) is 3.89. The topological polar surface area (TPSA) is 29.5 Å². The third-order valence-electron chi connectivity index (χ3n) is 2.58. The van der Waals surface area contributed by atoms with Crippen LogP contribution in [0.4, 0.5) is 18.9 Å². The van der Waals surface area contributed by atoms with E-state index in [1.54, 1.807) is 6.92 Å². The van der Waals surface area contributed by atoms with Gasteiger partial charge in [-0.3, -0.25) is 4.79 Å². The lowest BCUT2D eigenvalue weighted by molar-refractivity contribution is -0.137. The zero-order valence-electron chi connectivity index (χ0n) is 10.9. The molecule has 0 radical (unpaired) electrons. The molecule has 0 N–H and O–H groups in total. The molecular formula is C13H15ClF3NO2. The molecule has 0 bridgehead atoms. The van der Waals surface area contributed by atoms with Crippen LogP contribution in [-0.4, -0.2) is 31.5 Å². The number of carbonyl (C=O) groups is 1. The molecule has 0 aromatic heterocycles. The molecule has 0 spiro atoms. The Kier molecular flexibility index (Phi) is 6.29. The highest BCUT2D eigenvalue weighted by Crippen LogP contribution is 2.36. The summed E-state index contributed by atoms with van der Waals surface area (Å²) >= 11 is 5.46. The Morgan fingerprint density at radius 2 is 2.00 bits per heavy atom. The van der Waals surface area contributed by atoms with E-state index in [0.717, 1.165) is 11.0 Å². The van der Waals surface area contributed by atoms with Crippen LogP contribution in [0.2, 0.25) is 0 Å². The minimum absolute atomic E-state index is 0.0203. The predicted molar refractivity (Wildman–Crippen MR) is 71.0 cm³/mol. The van der Waals surface area contributed by atoms with Crippen LogP contribution in [0, 0.1) is 0 Å². The molecule has 7 heteroatoms. The number of halogens is 4. The molecule has 3 nitrogen and oxygen atoms in total. The van der Waals surface area contributed by atoms with Gasteiger partial charge in [0.1, 0.15) is 5.88 Å². The van der Waals surface area contributed by atoms with Crippen molar-refractivity contribution in [1.82, 2.24) is 0 Å². The van der Waals surface area contributed by atoms with Crippen molar-refractivity contribution in [2.24, 2.45) is 0 Å². The Hall–Kier alpha value is -1.27. The average molecular weight is 310 g/mol. The van der Waals surface area contributed by atoms with Gasteiger partial charge in [-0.05, 0) is 19.1 Å². The van der Waals surface area contributed by atoms with E-state index in [1.807, 2.05) is 0 Å². The minimum atomic E-state index is -4.53. The van der Waals surface area contributed by atoms with Crippen molar-refractivity contribution in [3.63, 3.8) is 0 Å². The van der Waals surface area contributed by atoms with E-state index in [-0.39, 0.29) is 18.8 Å². The first-order valence-electron chi connectivity index (χ1n) is 6.02. The van der Waals surface area contributed by atoms with Crippen LogP contribution >= 0.6 is 11.6 Å². The van der Waals surface area contributed by atoms with E-state index in [4.69, 9.17) is 16.3 Å². The molecule has 0 fully saturated rings. The number of para-hydroxylation sites is 1. The Balaban J connectivity index is 3.10. The van der Waals surface area contributed by atoms with Gasteiger partial charge < -0.3 is 9.64 Å². The molecule has 0 aliphatic rings. The molecular weight excluding hydrogens is 295 g/mol. The van der Waals surface area contributed by atoms with Gasteiger partial charge in [-0.2, -0.15) is 13.2 Å². The Morgan fingerprint density at radius 1 is 1.35 bits per heavy atom. The molecule has 0 atom stereocenters. The number of alkyl halides is 4. The minimum Gasteiger partial charge on any atom is -0.380 e. The molecule has 1 aromatic rings. The third kappa shape index (κ3) is 4.38. The lowest BCUT2D eigenvalue weighted by Crippen LogP contribution is -2.36. The zero-order chi connectivity index (χ0) is 15.2. The number of carbonyl (C=O) groups excluding carboxylic acids is 1. The first-order valence-corrected chi connectivity index (χ1v) is 6.55. The van der Waals surface area contributed by atoms with Gasteiger partial charge in [0.05, 0.1) is 17.9 Å². The van der Waals surface area contributed by atoms with Gasteiger partial charge in [-0.25, -0.2) is 0 Å². The van der Waals surface area contributed by atoms with Crippen molar-refractivity contribution >= 4 is 23.2 Å². The summed E-state index contributed by atoms with van der Waals surface area (Å²) in [7, 11) is 0. The van der Waals surface area contributed by atoms with Crippen LogP contribution in [0.3, 0.4) is 0 Å². The Labute approximate surface area is 120 Å². The lowest BCUT2D eigenvalue weighted by Gasteiger charge is -2.25. The standard InChI is InChI=1S/C13H15ClF3NO2/c1-2-20-8-7-18(12(19)9-14)11-6-4-3-5-10(11)13(15,16)17/h3-6H,2,7-9H2,1H3. The highest BCUT2D eigenvalue weighted by atomic mass is 35.5. The van der Waals surface area contributed by atoms with Crippen LogP contribution in [0.1, 0.15) is 12.5 Å². The SMILES string of the molecule is CCOCCN(C(=O)CCl)c1ccccc1C(F)(F)F. The fourth-order valence-corrected chi connectivity index (χ4v) is 1.84. The normalized spacial score (nSPS) is 11.4. The summed E-state index contributed by atoms with van der Waals surface area (Å²) in [6.07, 6.45) is -4.53. The lowest BCUT2D eigenvalue weighted by atomic mass is 10.1. The Morgan fingerprint density at radius 3 is 2.55 bits per heavy atom. The number of hydrogen-bond acceptors (Lipinski definition) is 2. The summed E-state index contributed by atoms with van der Waals surface area (Å²) in [5, 5.41) is 0. The summed E-state index contributed by atoms with van der Waals surface area (Å²) in [6, 6.07) is 4.90.